The Morgan fingerprint density at radius 2 is 0.404 bits per heavy atom. The zero-order chi connectivity index (χ0) is 76.7. The van der Waals surface area contributed by atoms with Gasteiger partial charge in [-0.2, -0.15) is 0 Å². The second-order valence-corrected chi connectivity index (χ2v) is 35.4. The molecule has 0 rings (SSSR count). The van der Waals surface area contributed by atoms with Gasteiger partial charge in [0.05, 0.1) is 26.4 Å². The van der Waals surface area contributed by atoms with Crippen LogP contribution in [0.25, 0.3) is 0 Å². The predicted molar refractivity (Wildman–Crippen MR) is 428 cm³/mol. The smallest absolute Gasteiger partial charge is 0.462 e. The van der Waals surface area contributed by atoms with E-state index in [4.69, 9.17) is 37.0 Å². The molecule has 3 unspecified atom stereocenters. The average Bonchev–Trinajstić information content (AvgIpc) is 0.920. The van der Waals surface area contributed by atoms with Gasteiger partial charge in [-0.15, -0.1) is 0 Å². The number of rotatable bonds is 82. The first-order valence-electron chi connectivity index (χ1n) is 43.7. The Morgan fingerprint density at radius 1 is 0.240 bits per heavy atom. The third-order valence-electron chi connectivity index (χ3n) is 19.8. The van der Waals surface area contributed by atoms with Crippen LogP contribution in [0.4, 0.5) is 0 Å². The van der Waals surface area contributed by atoms with Crippen molar-refractivity contribution in [2.45, 2.75) is 459 Å². The molecule has 0 aliphatic heterocycles. The summed E-state index contributed by atoms with van der Waals surface area (Å²) in [5, 5.41) is 10.7. The monoisotopic (exact) mass is 1520 g/mol. The first-order chi connectivity index (χ1) is 50.1. The van der Waals surface area contributed by atoms with Crippen LogP contribution in [-0.2, 0) is 65.4 Å². The summed E-state index contributed by atoms with van der Waals surface area (Å²) in [6, 6.07) is 0. The summed E-state index contributed by atoms with van der Waals surface area (Å²) in [5.74, 6) is 1.01. The minimum atomic E-state index is -4.97. The summed E-state index contributed by atoms with van der Waals surface area (Å²) in [7, 11) is -9.93. The highest BCUT2D eigenvalue weighted by molar-refractivity contribution is 7.47. The third kappa shape index (κ3) is 78.2. The fraction of sp³-hybridized carbons (Fsp3) is 0.953. The molecule has 19 heteroatoms. The molecule has 104 heavy (non-hydrogen) atoms. The lowest BCUT2D eigenvalue weighted by atomic mass is 10.0. The predicted octanol–water partition coefficient (Wildman–Crippen LogP) is 25.6. The SMILES string of the molecule is CC(C)CCCCCCCCCCCCCCCCCCC(=O)O[C@H](COC(=O)CCCCCCCCCC(C)C)COP(=O)(O)OCC(O)COP(=O)(O)OC[C@@H](COC(=O)CCCCCCCCCCCCCCCCCC(C)C)OC(=O)CCCCCCCCCCCCCCCCC(C)C. The molecular weight excluding hydrogens is 1350 g/mol. The Kier molecular flexibility index (Phi) is 72.5. The molecule has 0 aromatic carbocycles. The van der Waals surface area contributed by atoms with Gasteiger partial charge in [0.1, 0.15) is 19.3 Å². The van der Waals surface area contributed by atoms with Crippen molar-refractivity contribution in [3.8, 4) is 0 Å². The molecule has 5 atom stereocenters. The first kappa shape index (κ1) is 102. The second kappa shape index (κ2) is 73.8. The molecule has 0 saturated carbocycles. The number of aliphatic hydroxyl groups excluding tert-OH is 1. The number of phosphoric acid groups is 2. The number of phosphoric ester groups is 2. The maximum Gasteiger partial charge on any atom is 0.472 e. The molecule has 0 radical (unpaired) electrons. The van der Waals surface area contributed by atoms with Crippen LogP contribution >= 0.6 is 15.6 Å². The Labute approximate surface area is 638 Å². The fourth-order valence-electron chi connectivity index (χ4n) is 13.1. The van der Waals surface area contributed by atoms with Crippen LogP contribution < -0.4 is 0 Å². The van der Waals surface area contributed by atoms with E-state index >= 15 is 0 Å². The summed E-state index contributed by atoms with van der Waals surface area (Å²) in [4.78, 5) is 73.2. The summed E-state index contributed by atoms with van der Waals surface area (Å²) >= 11 is 0. The molecule has 0 aliphatic rings. The van der Waals surface area contributed by atoms with Crippen LogP contribution in [0.1, 0.15) is 441 Å². The zero-order valence-electron chi connectivity index (χ0n) is 68.7. The lowest BCUT2D eigenvalue weighted by Gasteiger charge is -2.21. The van der Waals surface area contributed by atoms with Crippen LogP contribution in [0.15, 0.2) is 0 Å². The van der Waals surface area contributed by atoms with Crippen molar-refractivity contribution < 1.29 is 80.2 Å². The minimum absolute atomic E-state index is 0.107. The van der Waals surface area contributed by atoms with Gasteiger partial charge in [0, 0.05) is 25.7 Å². The molecule has 618 valence electrons. The number of ether oxygens (including phenoxy) is 4. The molecule has 0 aliphatic carbocycles. The molecule has 3 N–H and O–H groups in total. The van der Waals surface area contributed by atoms with E-state index in [1.165, 1.54) is 238 Å². The van der Waals surface area contributed by atoms with Crippen LogP contribution in [0.2, 0.25) is 0 Å². The van der Waals surface area contributed by atoms with Crippen molar-refractivity contribution in [1.82, 2.24) is 0 Å². The average molecular weight is 1520 g/mol. The highest BCUT2D eigenvalue weighted by Crippen LogP contribution is 2.45. The molecule has 0 amide bonds. The van der Waals surface area contributed by atoms with Gasteiger partial charge in [0.2, 0.25) is 0 Å². The largest absolute Gasteiger partial charge is 0.472 e. The minimum Gasteiger partial charge on any atom is -0.462 e. The number of aliphatic hydroxyl groups is 1. The van der Waals surface area contributed by atoms with Crippen molar-refractivity contribution in [2.24, 2.45) is 23.7 Å². The fourth-order valence-corrected chi connectivity index (χ4v) is 14.7. The van der Waals surface area contributed by atoms with Gasteiger partial charge >= 0.3 is 39.5 Å². The number of unbranched alkanes of at least 4 members (excludes halogenated alkanes) is 48. The molecule has 0 aromatic rings. The van der Waals surface area contributed by atoms with Crippen molar-refractivity contribution in [3.63, 3.8) is 0 Å². The van der Waals surface area contributed by atoms with Gasteiger partial charge < -0.3 is 33.8 Å². The van der Waals surface area contributed by atoms with Gasteiger partial charge in [-0.3, -0.25) is 37.3 Å². The summed E-state index contributed by atoms with van der Waals surface area (Å²) in [6.45, 7) is 14.3. The highest BCUT2D eigenvalue weighted by Gasteiger charge is 2.30. The van der Waals surface area contributed by atoms with Crippen molar-refractivity contribution in [3.05, 3.63) is 0 Å². The van der Waals surface area contributed by atoms with E-state index in [2.05, 4.69) is 55.4 Å². The Bertz CT molecular complexity index is 2020. The molecule has 0 saturated heterocycles. The molecule has 0 aromatic heterocycles. The Morgan fingerprint density at radius 3 is 0.596 bits per heavy atom. The van der Waals surface area contributed by atoms with E-state index in [0.29, 0.717) is 31.6 Å². The Balaban J connectivity index is 5.23. The van der Waals surface area contributed by atoms with Crippen LogP contribution in [-0.4, -0.2) is 96.7 Å². The maximum atomic E-state index is 13.1. The quantitative estimate of drug-likeness (QED) is 0.0222. The van der Waals surface area contributed by atoms with Gasteiger partial charge in [-0.05, 0) is 49.4 Å². The third-order valence-corrected chi connectivity index (χ3v) is 21.7. The van der Waals surface area contributed by atoms with E-state index < -0.39 is 97.5 Å². The van der Waals surface area contributed by atoms with Gasteiger partial charge in [-0.25, -0.2) is 9.13 Å². The molecular formula is C85H166O17P2. The van der Waals surface area contributed by atoms with Crippen LogP contribution in [0, 0.1) is 23.7 Å². The summed E-state index contributed by atoms with van der Waals surface area (Å²) in [5.41, 5.74) is 0. The normalized spacial score (nSPS) is 14.0. The first-order valence-corrected chi connectivity index (χ1v) is 46.7. The second-order valence-electron chi connectivity index (χ2n) is 32.5. The Hall–Kier alpha value is -1.94. The van der Waals surface area contributed by atoms with Crippen molar-refractivity contribution >= 4 is 39.5 Å². The molecule has 17 nitrogen and oxygen atoms in total. The van der Waals surface area contributed by atoms with E-state index in [1.54, 1.807) is 0 Å². The molecule has 0 fully saturated rings. The van der Waals surface area contributed by atoms with Crippen LogP contribution in [0.3, 0.4) is 0 Å². The topological polar surface area (TPSA) is 237 Å². The molecule has 0 spiro atoms. The van der Waals surface area contributed by atoms with E-state index in [1.807, 2.05) is 0 Å². The van der Waals surface area contributed by atoms with Gasteiger partial charge in [0.25, 0.3) is 0 Å². The number of carbonyl (C=O) groups excluding carboxylic acids is 4. The van der Waals surface area contributed by atoms with E-state index in [-0.39, 0.29) is 25.7 Å². The number of esters is 4. The van der Waals surface area contributed by atoms with Crippen molar-refractivity contribution in [1.29, 1.82) is 0 Å². The lowest BCUT2D eigenvalue weighted by molar-refractivity contribution is -0.161. The maximum absolute atomic E-state index is 13.1. The molecule has 0 bridgehead atoms. The highest BCUT2D eigenvalue weighted by atomic mass is 31.2. The number of carbonyl (C=O) groups is 4. The van der Waals surface area contributed by atoms with Crippen molar-refractivity contribution in [2.75, 3.05) is 39.6 Å². The van der Waals surface area contributed by atoms with Gasteiger partial charge in [-0.1, -0.05) is 389 Å². The molecule has 0 heterocycles. The summed E-state index contributed by atoms with van der Waals surface area (Å²) < 4.78 is 68.9. The standard InChI is InChI=1S/C85H166O17P2/c1-75(2)61-53-45-37-30-24-18-12-9-10-14-22-28-34-42-51-59-67-85(90)102-81(72-96-83(88)66-58-50-44-36-40-48-56-64-78(7)8)74-100-104(93,94)98-70-79(86)69-97-103(91,92)99-73-80(101-84(89)68-60-52-43-35-29-23-17-16-20-26-32-39-47-55-63-77(5)6)71-95-82(87)65-57-49-41-33-27-21-15-11-13-19-25-31-38-46-54-62-76(3)4/h75-81,86H,9-74H2,1-8H3,(H,91,92)(H,93,94)/t79?,80-,81-/m1/s1. The van der Waals surface area contributed by atoms with E-state index in [9.17, 15) is 43.2 Å². The van der Waals surface area contributed by atoms with E-state index in [0.717, 1.165) is 114 Å². The van der Waals surface area contributed by atoms with Crippen LogP contribution in [0.5, 0.6) is 0 Å². The number of hydrogen-bond donors (Lipinski definition) is 3. The number of hydrogen-bond acceptors (Lipinski definition) is 15. The zero-order valence-corrected chi connectivity index (χ0v) is 70.5. The summed E-state index contributed by atoms with van der Waals surface area (Å²) in [6.07, 6.45) is 62.5. The lowest BCUT2D eigenvalue weighted by Crippen LogP contribution is -2.30. The van der Waals surface area contributed by atoms with Gasteiger partial charge in [0.15, 0.2) is 12.2 Å².